The van der Waals surface area contributed by atoms with E-state index in [0.29, 0.717) is 22.4 Å². The second kappa shape index (κ2) is 6.39. The van der Waals surface area contributed by atoms with Gasteiger partial charge in [0.25, 0.3) is 0 Å². The summed E-state index contributed by atoms with van der Waals surface area (Å²) in [7, 11) is 0. The van der Waals surface area contributed by atoms with Crippen molar-refractivity contribution in [3.05, 3.63) is 28.2 Å². The van der Waals surface area contributed by atoms with Crippen LogP contribution in [0, 0.1) is 0 Å². The molecule has 0 saturated heterocycles. The third-order valence-electron chi connectivity index (χ3n) is 2.12. The second-order valence-corrected chi connectivity index (χ2v) is 4.25. The number of benzene rings is 1. The lowest BCUT2D eigenvalue weighted by Crippen LogP contribution is -2.04. The number of Topliss-reactive ketones (excluding diaryl/α,β-unsaturated/α-hetero) is 1. The zero-order valence-electron chi connectivity index (χ0n) is 9.40. The minimum atomic E-state index is -0.972. The second-order valence-electron chi connectivity index (χ2n) is 3.39. The van der Waals surface area contributed by atoms with Crippen LogP contribution in [0.25, 0.3) is 0 Å². The molecule has 1 rings (SSSR count). The van der Waals surface area contributed by atoms with E-state index < -0.39 is 5.97 Å². The predicted octanol–water partition coefficient (Wildman–Crippen LogP) is 2.90. The number of carbonyl (C=O) groups is 2. The highest BCUT2D eigenvalue weighted by Gasteiger charge is 2.12. The fraction of sp³-hybridized carbons (Fsp3) is 0.333. The molecule has 0 heterocycles. The van der Waals surface area contributed by atoms with E-state index in [1.54, 1.807) is 18.2 Å². The Morgan fingerprint density at radius 2 is 2.06 bits per heavy atom. The fourth-order valence-electron chi connectivity index (χ4n) is 1.33. The molecule has 4 nitrogen and oxygen atoms in total. The number of carbonyl (C=O) groups excluding carboxylic acids is 1. The van der Waals surface area contributed by atoms with E-state index in [1.165, 1.54) is 0 Å². The van der Waals surface area contributed by atoms with Crippen molar-refractivity contribution in [3.63, 3.8) is 0 Å². The van der Waals surface area contributed by atoms with E-state index in [-0.39, 0.29) is 18.6 Å². The van der Waals surface area contributed by atoms with Gasteiger partial charge >= 0.3 is 5.97 Å². The molecule has 92 valence electrons. The topological polar surface area (TPSA) is 63.6 Å². The SMILES string of the molecule is CCOc1ccc(C(=O)CCC(=O)O)c(Br)c1. The summed E-state index contributed by atoms with van der Waals surface area (Å²) in [6, 6.07) is 5.04. The van der Waals surface area contributed by atoms with Crippen LogP contribution >= 0.6 is 15.9 Å². The summed E-state index contributed by atoms with van der Waals surface area (Å²) in [6.45, 7) is 2.43. The van der Waals surface area contributed by atoms with Gasteiger partial charge in [0.1, 0.15) is 5.75 Å². The van der Waals surface area contributed by atoms with Crippen molar-refractivity contribution < 1.29 is 19.4 Å². The third kappa shape index (κ3) is 4.19. The molecular formula is C12H13BrO4. The summed E-state index contributed by atoms with van der Waals surface area (Å²) in [5.74, 6) is -0.489. The number of rotatable bonds is 6. The van der Waals surface area contributed by atoms with Crippen LogP contribution in [0.5, 0.6) is 5.75 Å². The van der Waals surface area contributed by atoms with Crippen molar-refractivity contribution in [2.45, 2.75) is 19.8 Å². The number of carboxylic acid groups (broad SMARTS) is 1. The quantitative estimate of drug-likeness (QED) is 0.821. The van der Waals surface area contributed by atoms with Crippen molar-refractivity contribution >= 4 is 27.7 Å². The number of hydrogen-bond acceptors (Lipinski definition) is 3. The van der Waals surface area contributed by atoms with E-state index in [0.717, 1.165) is 0 Å². The summed E-state index contributed by atoms with van der Waals surface area (Å²) >= 11 is 3.28. The summed E-state index contributed by atoms with van der Waals surface area (Å²) in [4.78, 5) is 22.1. The Morgan fingerprint density at radius 3 is 2.59 bits per heavy atom. The molecule has 0 amide bonds. The van der Waals surface area contributed by atoms with Crippen LogP contribution in [-0.2, 0) is 4.79 Å². The number of halogens is 1. The van der Waals surface area contributed by atoms with Crippen LogP contribution in [0.15, 0.2) is 22.7 Å². The molecule has 0 saturated carbocycles. The average molecular weight is 301 g/mol. The highest BCUT2D eigenvalue weighted by atomic mass is 79.9. The first-order chi connectivity index (χ1) is 8.04. The first kappa shape index (κ1) is 13.7. The summed E-state index contributed by atoms with van der Waals surface area (Å²) in [6.07, 6.45) is -0.152. The maximum Gasteiger partial charge on any atom is 0.303 e. The molecule has 0 aliphatic carbocycles. The van der Waals surface area contributed by atoms with E-state index in [4.69, 9.17) is 9.84 Å². The van der Waals surface area contributed by atoms with Gasteiger partial charge < -0.3 is 9.84 Å². The Kier molecular flexibility index (Phi) is 5.15. The van der Waals surface area contributed by atoms with Crippen LogP contribution in [0.3, 0.4) is 0 Å². The molecule has 0 unspecified atom stereocenters. The van der Waals surface area contributed by atoms with Gasteiger partial charge in [-0.3, -0.25) is 9.59 Å². The summed E-state index contributed by atoms with van der Waals surface area (Å²) < 4.78 is 5.91. The predicted molar refractivity (Wildman–Crippen MR) is 66.5 cm³/mol. The number of carboxylic acids is 1. The Bertz CT molecular complexity index is 429. The first-order valence-electron chi connectivity index (χ1n) is 5.22. The van der Waals surface area contributed by atoms with E-state index >= 15 is 0 Å². The van der Waals surface area contributed by atoms with Gasteiger partial charge in [0.2, 0.25) is 0 Å². The van der Waals surface area contributed by atoms with Crippen LogP contribution in [0.2, 0.25) is 0 Å². The van der Waals surface area contributed by atoms with Gasteiger partial charge in [0, 0.05) is 16.5 Å². The number of ether oxygens (including phenoxy) is 1. The zero-order chi connectivity index (χ0) is 12.8. The Labute approximate surface area is 108 Å². The Morgan fingerprint density at radius 1 is 1.35 bits per heavy atom. The normalized spacial score (nSPS) is 10.0. The van der Waals surface area contributed by atoms with E-state index in [2.05, 4.69) is 15.9 Å². The van der Waals surface area contributed by atoms with Crippen molar-refractivity contribution in [1.82, 2.24) is 0 Å². The van der Waals surface area contributed by atoms with Gasteiger partial charge in [-0.15, -0.1) is 0 Å². The van der Waals surface area contributed by atoms with Crippen LogP contribution in [0.1, 0.15) is 30.1 Å². The molecule has 0 aliphatic heterocycles. The van der Waals surface area contributed by atoms with Gasteiger partial charge in [0.15, 0.2) is 5.78 Å². The lowest BCUT2D eigenvalue weighted by molar-refractivity contribution is -0.136. The molecule has 0 atom stereocenters. The number of hydrogen-bond donors (Lipinski definition) is 1. The standard InChI is InChI=1S/C12H13BrO4/c1-2-17-8-3-4-9(10(13)7-8)11(14)5-6-12(15)16/h3-4,7H,2,5-6H2,1H3,(H,15,16). The minimum absolute atomic E-state index is 0.00190. The van der Waals surface area contributed by atoms with Gasteiger partial charge in [-0.05, 0) is 41.1 Å². The summed E-state index contributed by atoms with van der Waals surface area (Å²) in [5, 5.41) is 8.51. The number of aliphatic carboxylic acids is 1. The summed E-state index contributed by atoms with van der Waals surface area (Å²) in [5.41, 5.74) is 0.481. The van der Waals surface area contributed by atoms with Crippen LogP contribution in [0.4, 0.5) is 0 Å². The Balaban J connectivity index is 2.77. The molecule has 0 radical (unpaired) electrons. The van der Waals surface area contributed by atoms with Gasteiger partial charge in [0.05, 0.1) is 13.0 Å². The molecule has 0 aliphatic rings. The van der Waals surface area contributed by atoms with E-state index in [9.17, 15) is 9.59 Å². The average Bonchev–Trinajstić information content (AvgIpc) is 2.26. The van der Waals surface area contributed by atoms with Gasteiger partial charge in [-0.2, -0.15) is 0 Å². The highest BCUT2D eigenvalue weighted by molar-refractivity contribution is 9.10. The van der Waals surface area contributed by atoms with E-state index in [1.807, 2.05) is 6.92 Å². The molecule has 0 aromatic heterocycles. The molecule has 1 aromatic carbocycles. The van der Waals surface area contributed by atoms with Gasteiger partial charge in [-0.1, -0.05) is 0 Å². The lowest BCUT2D eigenvalue weighted by atomic mass is 10.1. The maximum atomic E-state index is 11.7. The molecule has 0 fully saturated rings. The molecule has 1 aromatic rings. The first-order valence-corrected chi connectivity index (χ1v) is 6.01. The molecule has 1 N–H and O–H groups in total. The minimum Gasteiger partial charge on any atom is -0.494 e. The van der Waals surface area contributed by atoms with Gasteiger partial charge in [-0.25, -0.2) is 0 Å². The maximum absolute atomic E-state index is 11.7. The zero-order valence-corrected chi connectivity index (χ0v) is 11.0. The lowest BCUT2D eigenvalue weighted by Gasteiger charge is -2.06. The van der Waals surface area contributed by atoms with Crippen molar-refractivity contribution in [2.24, 2.45) is 0 Å². The number of ketones is 1. The monoisotopic (exact) mass is 300 g/mol. The molecule has 0 bridgehead atoms. The van der Waals surface area contributed by atoms with Crippen molar-refractivity contribution in [1.29, 1.82) is 0 Å². The molecular weight excluding hydrogens is 288 g/mol. The highest BCUT2D eigenvalue weighted by Crippen LogP contribution is 2.24. The fourth-order valence-corrected chi connectivity index (χ4v) is 1.91. The molecule has 0 spiro atoms. The van der Waals surface area contributed by atoms with Crippen molar-refractivity contribution in [3.8, 4) is 5.75 Å². The third-order valence-corrected chi connectivity index (χ3v) is 2.77. The largest absolute Gasteiger partial charge is 0.494 e. The molecule has 17 heavy (non-hydrogen) atoms. The Hall–Kier alpha value is -1.36. The van der Waals surface area contributed by atoms with Crippen LogP contribution in [-0.4, -0.2) is 23.5 Å². The smallest absolute Gasteiger partial charge is 0.303 e. The molecule has 5 heteroatoms. The van der Waals surface area contributed by atoms with Crippen LogP contribution < -0.4 is 4.74 Å². The van der Waals surface area contributed by atoms with Crippen molar-refractivity contribution in [2.75, 3.05) is 6.61 Å².